The molecule has 17 heavy (non-hydrogen) atoms. The lowest BCUT2D eigenvalue weighted by molar-refractivity contribution is 0.262. The molecule has 0 aliphatic carbocycles. The van der Waals surface area contributed by atoms with Gasteiger partial charge in [-0.25, -0.2) is 4.79 Å². The van der Waals surface area contributed by atoms with Crippen molar-refractivity contribution in [2.45, 2.75) is 0 Å². The van der Waals surface area contributed by atoms with E-state index in [4.69, 9.17) is 4.74 Å². The van der Waals surface area contributed by atoms with Gasteiger partial charge in [0, 0.05) is 11.9 Å². The number of rotatable bonds is 3. The number of nitrogens with zero attached hydrogens (tertiary/aromatic N) is 1. The van der Waals surface area contributed by atoms with Crippen molar-refractivity contribution in [3.63, 3.8) is 0 Å². The SMILES string of the molecule is COc1ccc(NC(=O)Nc2cn[nH]c2)cc1. The Morgan fingerprint density at radius 2 is 1.94 bits per heavy atom. The molecule has 0 fully saturated rings. The van der Waals surface area contributed by atoms with Crippen LogP contribution in [0.3, 0.4) is 0 Å². The van der Waals surface area contributed by atoms with Gasteiger partial charge in [-0.1, -0.05) is 0 Å². The lowest BCUT2D eigenvalue weighted by atomic mass is 10.3. The summed E-state index contributed by atoms with van der Waals surface area (Å²) in [5, 5.41) is 11.6. The second kappa shape index (κ2) is 5.02. The van der Waals surface area contributed by atoms with Crippen LogP contribution in [0.15, 0.2) is 36.7 Å². The van der Waals surface area contributed by atoms with E-state index in [1.165, 1.54) is 6.20 Å². The summed E-state index contributed by atoms with van der Waals surface area (Å²) in [7, 11) is 1.59. The molecule has 1 heterocycles. The van der Waals surface area contributed by atoms with Crippen molar-refractivity contribution in [2.75, 3.05) is 17.7 Å². The van der Waals surface area contributed by atoms with E-state index in [1.807, 2.05) is 0 Å². The summed E-state index contributed by atoms with van der Waals surface area (Å²) in [6.07, 6.45) is 3.11. The third-order valence-electron chi connectivity index (χ3n) is 2.10. The highest BCUT2D eigenvalue weighted by Crippen LogP contribution is 2.15. The molecule has 0 bridgehead atoms. The number of carbonyl (C=O) groups is 1. The Morgan fingerprint density at radius 3 is 2.53 bits per heavy atom. The highest BCUT2D eigenvalue weighted by Gasteiger charge is 2.02. The third kappa shape index (κ3) is 2.97. The molecule has 0 unspecified atom stereocenters. The molecule has 6 nitrogen and oxygen atoms in total. The maximum atomic E-state index is 11.5. The number of benzene rings is 1. The molecular formula is C11H12N4O2. The van der Waals surface area contributed by atoms with Crippen LogP contribution in [0, 0.1) is 0 Å². The van der Waals surface area contributed by atoms with Crippen molar-refractivity contribution < 1.29 is 9.53 Å². The van der Waals surface area contributed by atoms with Crippen LogP contribution in [0.2, 0.25) is 0 Å². The minimum Gasteiger partial charge on any atom is -0.497 e. The van der Waals surface area contributed by atoms with E-state index >= 15 is 0 Å². The Hall–Kier alpha value is -2.50. The van der Waals surface area contributed by atoms with E-state index in [0.29, 0.717) is 11.4 Å². The van der Waals surface area contributed by atoms with Crippen LogP contribution < -0.4 is 15.4 Å². The second-order valence-corrected chi connectivity index (χ2v) is 3.29. The first-order chi connectivity index (χ1) is 8.28. The monoisotopic (exact) mass is 232 g/mol. The van der Waals surface area contributed by atoms with Gasteiger partial charge in [0.05, 0.1) is 19.0 Å². The number of hydrogen-bond donors (Lipinski definition) is 3. The molecule has 0 radical (unpaired) electrons. The summed E-state index contributed by atoms with van der Waals surface area (Å²) in [5.41, 5.74) is 1.29. The van der Waals surface area contributed by atoms with Gasteiger partial charge in [0.25, 0.3) is 0 Å². The lowest BCUT2D eigenvalue weighted by Gasteiger charge is -2.06. The summed E-state index contributed by atoms with van der Waals surface area (Å²) in [6.45, 7) is 0. The Labute approximate surface area is 98.0 Å². The van der Waals surface area contributed by atoms with Crippen LogP contribution in [0.4, 0.5) is 16.2 Å². The van der Waals surface area contributed by atoms with Gasteiger partial charge in [-0.2, -0.15) is 5.10 Å². The first-order valence-corrected chi connectivity index (χ1v) is 4.99. The van der Waals surface area contributed by atoms with Gasteiger partial charge >= 0.3 is 6.03 Å². The van der Waals surface area contributed by atoms with Crippen molar-refractivity contribution in [1.82, 2.24) is 10.2 Å². The number of ether oxygens (including phenoxy) is 1. The van der Waals surface area contributed by atoms with Crippen LogP contribution >= 0.6 is 0 Å². The zero-order chi connectivity index (χ0) is 12.1. The first-order valence-electron chi connectivity index (χ1n) is 4.99. The number of carbonyl (C=O) groups excluding carboxylic acids is 1. The fraction of sp³-hybridized carbons (Fsp3) is 0.0909. The highest BCUT2D eigenvalue weighted by atomic mass is 16.5. The number of hydrogen-bond acceptors (Lipinski definition) is 3. The van der Waals surface area contributed by atoms with Crippen LogP contribution in [0.1, 0.15) is 0 Å². The Kier molecular flexibility index (Phi) is 3.25. The average molecular weight is 232 g/mol. The quantitative estimate of drug-likeness (QED) is 0.757. The maximum absolute atomic E-state index is 11.5. The molecule has 0 saturated heterocycles. The number of urea groups is 1. The molecule has 0 aliphatic rings. The fourth-order valence-corrected chi connectivity index (χ4v) is 1.29. The smallest absolute Gasteiger partial charge is 0.323 e. The van der Waals surface area contributed by atoms with Gasteiger partial charge < -0.3 is 15.4 Å². The van der Waals surface area contributed by atoms with Gasteiger partial charge in [0.1, 0.15) is 5.75 Å². The summed E-state index contributed by atoms with van der Waals surface area (Å²) < 4.78 is 5.02. The van der Waals surface area contributed by atoms with Crippen LogP contribution in [-0.2, 0) is 0 Å². The molecule has 2 rings (SSSR count). The number of H-pyrrole nitrogens is 1. The zero-order valence-corrected chi connectivity index (χ0v) is 9.23. The number of aromatic amines is 1. The van der Waals surface area contributed by atoms with E-state index in [2.05, 4.69) is 20.8 Å². The van der Waals surface area contributed by atoms with Crippen molar-refractivity contribution >= 4 is 17.4 Å². The topological polar surface area (TPSA) is 79.0 Å². The van der Waals surface area contributed by atoms with Crippen molar-refractivity contribution in [2.24, 2.45) is 0 Å². The largest absolute Gasteiger partial charge is 0.497 e. The summed E-state index contributed by atoms with van der Waals surface area (Å²) in [6, 6.07) is 6.74. The molecule has 6 heteroatoms. The van der Waals surface area contributed by atoms with E-state index in [0.717, 1.165) is 5.75 Å². The Bertz CT molecular complexity index is 479. The first kappa shape index (κ1) is 11.0. The minimum absolute atomic E-state index is 0.323. The van der Waals surface area contributed by atoms with Gasteiger partial charge in [0.15, 0.2) is 0 Å². The van der Waals surface area contributed by atoms with Gasteiger partial charge in [0.2, 0.25) is 0 Å². The molecule has 1 aromatic heterocycles. The predicted molar refractivity (Wildman–Crippen MR) is 64.2 cm³/mol. The standard InChI is InChI=1S/C11H12N4O2/c1-17-10-4-2-8(3-5-10)14-11(16)15-9-6-12-13-7-9/h2-7H,1H3,(H,12,13)(H2,14,15,16). The number of nitrogens with one attached hydrogen (secondary N) is 3. The zero-order valence-electron chi connectivity index (χ0n) is 9.23. The van der Waals surface area contributed by atoms with E-state index < -0.39 is 0 Å². The summed E-state index contributed by atoms with van der Waals surface area (Å²) in [5.74, 6) is 0.741. The van der Waals surface area contributed by atoms with Crippen molar-refractivity contribution in [1.29, 1.82) is 0 Å². The number of aromatic nitrogens is 2. The molecule has 88 valence electrons. The fourth-order valence-electron chi connectivity index (χ4n) is 1.29. The molecule has 2 amide bonds. The molecule has 1 aromatic carbocycles. The van der Waals surface area contributed by atoms with Gasteiger partial charge in [-0.05, 0) is 24.3 Å². The molecule has 0 atom stereocenters. The third-order valence-corrected chi connectivity index (χ3v) is 2.10. The molecule has 2 aromatic rings. The van der Waals surface area contributed by atoms with Gasteiger partial charge in [-0.3, -0.25) is 5.10 Å². The summed E-state index contributed by atoms with van der Waals surface area (Å²) >= 11 is 0. The normalized spacial score (nSPS) is 9.71. The maximum Gasteiger partial charge on any atom is 0.323 e. The predicted octanol–water partition coefficient (Wildman–Crippen LogP) is 2.06. The Morgan fingerprint density at radius 1 is 1.24 bits per heavy atom. The molecule has 0 aliphatic heterocycles. The van der Waals surface area contributed by atoms with Crippen LogP contribution in [-0.4, -0.2) is 23.3 Å². The van der Waals surface area contributed by atoms with E-state index in [1.54, 1.807) is 37.6 Å². The van der Waals surface area contributed by atoms with Crippen molar-refractivity contribution in [3.8, 4) is 5.75 Å². The summed E-state index contributed by atoms with van der Waals surface area (Å²) in [4.78, 5) is 11.5. The Balaban J connectivity index is 1.93. The minimum atomic E-state index is -0.323. The van der Waals surface area contributed by atoms with E-state index in [-0.39, 0.29) is 6.03 Å². The molecule has 3 N–H and O–H groups in total. The van der Waals surface area contributed by atoms with E-state index in [9.17, 15) is 4.79 Å². The number of amides is 2. The molecule has 0 spiro atoms. The van der Waals surface area contributed by atoms with Gasteiger partial charge in [-0.15, -0.1) is 0 Å². The lowest BCUT2D eigenvalue weighted by Crippen LogP contribution is -2.18. The number of methoxy groups -OCH3 is 1. The highest BCUT2D eigenvalue weighted by molar-refractivity contribution is 5.99. The van der Waals surface area contributed by atoms with Crippen molar-refractivity contribution in [3.05, 3.63) is 36.7 Å². The van der Waals surface area contributed by atoms with Crippen LogP contribution in [0.25, 0.3) is 0 Å². The molecule has 0 saturated carbocycles. The molecular weight excluding hydrogens is 220 g/mol. The second-order valence-electron chi connectivity index (χ2n) is 3.29. The van der Waals surface area contributed by atoms with Crippen LogP contribution in [0.5, 0.6) is 5.75 Å². The average Bonchev–Trinajstić information content (AvgIpc) is 2.82. The number of anilines is 2.